The number of carbonyl (C=O) groups is 2. The number of hydrogen-bond donors (Lipinski definition) is 1. The van der Waals surface area contributed by atoms with E-state index < -0.39 is 0 Å². The first-order chi connectivity index (χ1) is 13.5. The number of amides is 2. The number of fused-ring (bicyclic) bond motifs is 1. The number of aryl methyl sites for hydroxylation is 1. The van der Waals surface area contributed by atoms with E-state index in [1.165, 1.54) is 0 Å². The first kappa shape index (κ1) is 19.7. The van der Waals surface area contributed by atoms with Gasteiger partial charge >= 0.3 is 0 Å². The Morgan fingerprint density at radius 1 is 1.07 bits per heavy atom. The number of anilines is 2. The molecule has 0 atom stereocenters. The van der Waals surface area contributed by atoms with Crippen molar-refractivity contribution in [2.75, 3.05) is 31.0 Å². The van der Waals surface area contributed by atoms with Crippen molar-refractivity contribution < 1.29 is 19.1 Å². The fraction of sp³-hybridized carbons (Fsp3) is 0.364. The SMILES string of the molecule is CCC(=O)N1CCCc2cc(NC(=O)Cc3ccc(OC)c(OC)c3)ccc21. The highest BCUT2D eigenvalue weighted by Gasteiger charge is 2.21. The molecule has 0 radical (unpaired) electrons. The van der Waals surface area contributed by atoms with Crippen molar-refractivity contribution in [2.45, 2.75) is 32.6 Å². The van der Waals surface area contributed by atoms with Crippen LogP contribution in [0, 0.1) is 0 Å². The lowest BCUT2D eigenvalue weighted by molar-refractivity contribution is -0.118. The van der Waals surface area contributed by atoms with Crippen LogP contribution in [0.15, 0.2) is 36.4 Å². The van der Waals surface area contributed by atoms with Crippen molar-refractivity contribution in [3.05, 3.63) is 47.5 Å². The quantitative estimate of drug-likeness (QED) is 0.829. The van der Waals surface area contributed by atoms with E-state index in [9.17, 15) is 9.59 Å². The van der Waals surface area contributed by atoms with Crippen molar-refractivity contribution >= 4 is 23.2 Å². The first-order valence-electron chi connectivity index (χ1n) is 9.49. The second-order valence-corrected chi connectivity index (χ2v) is 6.76. The van der Waals surface area contributed by atoms with Gasteiger partial charge < -0.3 is 19.7 Å². The molecule has 3 rings (SSSR count). The van der Waals surface area contributed by atoms with Gasteiger partial charge in [-0.3, -0.25) is 9.59 Å². The Labute approximate surface area is 165 Å². The predicted octanol–water partition coefficient (Wildman–Crippen LogP) is 3.57. The van der Waals surface area contributed by atoms with E-state index in [0.29, 0.717) is 17.9 Å². The monoisotopic (exact) mass is 382 g/mol. The third kappa shape index (κ3) is 4.27. The lowest BCUT2D eigenvalue weighted by Gasteiger charge is -2.29. The third-order valence-corrected chi connectivity index (χ3v) is 4.90. The largest absolute Gasteiger partial charge is 0.493 e. The summed E-state index contributed by atoms with van der Waals surface area (Å²) in [7, 11) is 3.15. The van der Waals surface area contributed by atoms with Gasteiger partial charge in [0.1, 0.15) is 0 Å². The van der Waals surface area contributed by atoms with Crippen LogP contribution in [0.3, 0.4) is 0 Å². The molecule has 2 aromatic rings. The number of ether oxygens (including phenoxy) is 2. The number of carbonyl (C=O) groups excluding carboxylic acids is 2. The normalized spacial score (nSPS) is 12.9. The Morgan fingerprint density at radius 2 is 1.86 bits per heavy atom. The van der Waals surface area contributed by atoms with E-state index in [2.05, 4.69) is 5.32 Å². The molecule has 1 N–H and O–H groups in total. The molecular formula is C22H26N2O4. The lowest BCUT2D eigenvalue weighted by Crippen LogP contribution is -2.34. The summed E-state index contributed by atoms with van der Waals surface area (Å²) in [5.41, 5.74) is 3.64. The number of hydrogen-bond acceptors (Lipinski definition) is 4. The van der Waals surface area contributed by atoms with Gasteiger partial charge in [0.15, 0.2) is 11.5 Å². The molecule has 148 valence electrons. The highest BCUT2D eigenvalue weighted by molar-refractivity contribution is 5.96. The van der Waals surface area contributed by atoms with E-state index in [4.69, 9.17) is 9.47 Å². The summed E-state index contributed by atoms with van der Waals surface area (Å²) in [6, 6.07) is 11.2. The van der Waals surface area contributed by atoms with Crippen LogP contribution in [0.2, 0.25) is 0 Å². The van der Waals surface area contributed by atoms with Crippen LogP contribution < -0.4 is 19.7 Å². The molecule has 6 nitrogen and oxygen atoms in total. The van der Waals surface area contributed by atoms with E-state index in [1.807, 2.05) is 36.1 Å². The highest BCUT2D eigenvalue weighted by atomic mass is 16.5. The van der Waals surface area contributed by atoms with E-state index >= 15 is 0 Å². The maximum atomic E-state index is 12.5. The Kier molecular flexibility index (Phi) is 6.19. The van der Waals surface area contributed by atoms with Crippen molar-refractivity contribution in [3.63, 3.8) is 0 Å². The minimum atomic E-state index is -0.107. The summed E-state index contributed by atoms with van der Waals surface area (Å²) in [4.78, 5) is 26.4. The third-order valence-electron chi connectivity index (χ3n) is 4.90. The maximum Gasteiger partial charge on any atom is 0.228 e. The topological polar surface area (TPSA) is 67.9 Å². The smallest absolute Gasteiger partial charge is 0.228 e. The van der Waals surface area contributed by atoms with Crippen LogP contribution >= 0.6 is 0 Å². The highest BCUT2D eigenvalue weighted by Crippen LogP contribution is 2.31. The Balaban J connectivity index is 1.70. The maximum absolute atomic E-state index is 12.5. The van der Waals surface area contributed by atoms with E-state index in [0.717, 1.165) is 41.9 Å². The molecule has 0 unspecified atom stereocenters. The van der Waals surface area contributed by atoms with Crippen LogP contribution in [-0.2, 0) is 22.4 Å². The standard InChI is InChI=1S/C22H26N2O4/c1-4-22(26)24-11-5-6-16-14-17(8-9-18(16)24)23-21(25)13-15-7-10-19(27-2)20(12-15)28-3/h7-10,12,14H,4-6,11,13H2,1-3H3,(H,23,25). The summed E-state index contributed by atoms with van der Waals surface area (Å²) in [6.07, 6.45) is 2.56. The molecule has 0 spiro atoms. The fourth-order valence-electron chi connectivity index (χ4n) is 3.51. The molecule has 0 fully saturated rings. The molecule has 28 heavy (non-hydrogen) atoms. The molecule has 1 heterocycles. The van der Waals surface area contributed by atoms with Crippen molar-refractivity contribution in [1.29, 1.82) is 0 Å². The molecule has 0 bridgehead atoms. The molecular weight excluding hydrogens is 356 g/mol. The number of nitrogens with zero attached hydrogens (tertiary/aromatic N) is 1. The van der Waals surface area contributed by atoms with Crippen LogP contribution in [0.1, 0.15) is 30.9 Å². The number of methoxy groups -OCH3 is 2. The molecule has 0 aromatic heterocycles. The first-order valence-corrected chi connectivity index (χ1v) is 9.49. The van der Waals surface area contributed by atoms with Crippen LogP contribution in [0.4, 0.5) is 11.4 Å². The molecule has 0 aliphatic carbocycles. The summed E-state index contributed by atoms with van der Waals surface area (Å²) < 4.78 is 10.5. The Bertz CT molecular complexity index is 879. The minimum Gasteiger partial charge on any atom is -0.493 e. The Hall–Kier alpha value is -3.02. The van der Waals surface area contributed by atoms with Gasteiger partial charge in [-0.25, -0.2) is 0 Å². The lowest BCUT2D eigenvalue weighted by atomic mass is 10.0. The average Bonchev–Trinajstić information content (AvgIpc) is 2.72. The molecule has 2 aromatic carbocycles. The second-order valence-electron chi connectivity index (χ2n) is 6.76. The van der Waals surface area contributed by atoms with Gasteiger partial charge in [0.2, 0.25) is 11.8 Å². The second kappa shape index (κ2) is 8.78. The zero-order valence-electron chi connectivity index (χ0n) is 16.6. The molecule has 1 aliphatic heterocycles. The van der Waals surface area contributed by atoms with E-state index in [-0.39, 0.29) is 18.2 Å². The molecule has 1 aliphatic rings. The summed E-state index contributed by atoms with van der Waals surface area (Å²) in [6.45, 7) is 2.63. The van der Waals surface area contributed by atoms with Gasteiger partial charge in [0.05, 0.1) is 20.6 Å². The summed E-state index contributed by atoms with van der Waals surface area (Å²) >= 11 is 0. The van der Waals surface area contributed by atoms with Crippen LogP contribution in [0.25, 0.3) is 0 Å². The fourth-order valence-corrected chi connectivity index (χ4v) is 3.51. The summed E-state index contributed by atoms with van der Waals surface area (Å²) in [5, 5.41) is 2.95. The number of nitrogens with one attached hydrogen (secondary N) is 1. The minimum absolute atomic E-state index is 0.107. The van der Waals surface area contributed by atoms with Crippen molar-refractivity contribution in [2.24, 2.45) is 0 Å². The van der Waals surface area contributed by atoms with Crippen LogP contribution in [-0.4, -0.2) is 32.6 Å². The zero-order chi connectivity index (χ0) is 20.1. The predicted molar refractivity (Wildman–Crippen MR) is 109 cm³/mol. The van der Waals surface area contributed by atoms with Gasteiger partial charge in [0.25, 0.3) is 0 Å². The number of benzene rings is 2. The van der Waals surface area contributed by atoms with Gasteiger partial charge in [-0.2, -0.15) is 0 Å². The average molecular weight is 382 g/mol. The van der Waals surface area contributed by atoms with Gasteiger partial charge in [0, 0.05) is 24.3 Å². The van der Waals surface area contributed by atoms with Gasteiger partial charge in [-0.1, -0.05) is 13.0 Å². The molecule has 2 amide bonds. The Morgan fingerprint density at radius 3 is 2.57 bits per heavy atom. The van der Waals surface area contributed by atoms with Gasteiger partial charge in [-0.15, -0.1) is 0 Å². The zero-order valence-corrected chi connectivity index (χ0v) is 16.6. The van der Waals surface area contributed by atoms with Crippen molar-refractivity contribution in [1.82, 2.24) is 0 Å². The van der Waals surface area contributed by atoms with Gasteiger partial charge in [-0.05, 0) is 54.3 Å². The van der Waals surface area contributed by atoms with E-state index in [1.54, 1.807) is 26.4 Å². The summed E-state index contributed by atoms with van der Waals surface area (Å²) in [5.74, 6) is 1.26. The molecule has 0 saturated heterocycles. The van der Waals surface area contributed by atoms with Crippen LogP contribution in [0.5, 0.6) is 11.5 Å². The molecule has 6 heteroatoms. The molecule has 0 saturated carbocycles. The number of rotatable bonds is 6. The van der Waals surface area contributed by atoms with Crippen molar-refractivity contribution in [3.8, 4) is 11.5 Å².